The van der Waals surface area contributed by atoms with E-state index in [2.05, 4.69) is 26.8 Å². The van der Waals surface area contributed by atoms with Crippen molar-refractivity contribution in [2.45, 2.75) is 6.42 Å². The van der Waals surface area contributed by atoms with E-state index in [-0.39, 0.29) is 0 Å². The lowest BCUT2D eigenvalue weighted by Crippen LogP contribution is -1.74. The van der Waals surface area contributed by atoms with Crippen LogP contribution in [-0.4, -0.2) is 4.98 Å². The number of halogens is 1. The van der Waals surface area contributed by atoms with Gasteiger partial charge in [0.1, 0.15) is 5.01 Å². The molecule has 0 radical (unpaired) electrons. The molecule has 0 N–H and O–H groups in total. The Morgan fingerprint density at radius 1 is 1.89 bits per heavy atom. The molecule has 1 aromatic heterocycles. The Morgan fingerprint density at radius 2 is 2.67 bits per heavy atom. The zero-order chi connectivity index (χ0) is 6.69. The van der Waals surface area contributed by atoms with E-state index < -0.39 is 0 Å². The van der Waals surface area contributed by atoms with Crippen molar-refractivity contribution >= 4 is 27.3 Å². The smallest absolute Gasteiger partial charge is 0.106 e. The first kappa shape index (κ1) is 6.79. The van der Waals surface area contributed by atoms with Crippen LogP contribution in [-0.2, 0) is 6.42 Å². The van der Waals surface area contributed by atoms with Crippen LogP contribution >= 0.6 is 27.3 Å². The van der Waals surface area contributed by atoms with Gasteiger partial charge in [0.2, 0.25) is 0 Å². The average molecular weight is 202 g/mol. The molecule has 0 saturated heterocycles. The largest absolute Gasteiger partial charge is 0.247 e. The van der Waals surface area contributed by atoms with Crippen LogP contribution in [0.5, 0.6) is 0 Å². The first-order valence-corrected chi connectivity index (χ1v) is 3.97. The normalized spacial score (nSPS) is 8.89. The second kappa shape index (κ2) is 3.00. The summed E-state index contributed by atoms with van der Waals surface area (Å²) >= 11 is 4.86. The predicted molar refractivity (Wildman–Crippen MR) is 42.4 cm³/mol. The van der Waals surface area contributed by atoms with Gasteiger partial charge in [-0.1, -0.05) is 5.92 Å². The maximum Gasteiger partial charge on any atom is 0.106 e. The number of hydrogen-bond donors (Lipinski definition) is 0. The summed E-state index contributed by atoms with van der Waals surface area (Å²) in [5.74, 6) is 2.52. The third-order valence-electron chi connectivity index (χ3n) is 0.779. The van der Waals surface area contributed by atoms with Gasteiger partial charge in [0.05, 0.1) is 16.4 Å². The molecule has 0 amide bonds. The monoisotopic (exact) mass is 201 g/mol. The quantitative estimate of drug-likeness (QED) is 0.635. The minimum atomic E-state index is 0.635. The van der Waals surface area contributed by atoms with Crippen LogP contribution in [0.2, 0.25) is 0 Å². The van der Waals surface area contributed by atoms with Crippen LogP contribution in [0, 0.1) is 12.3 Å². The van der Waals surface area contributed by atoms with Crippen LogP contribution in [0.1, 0.15) is 5.01 Å². The highest BCUT2D eigenvalue weighted by molar-refractivity contribution is 9.11. The number of hydrogen-bond acceptors (Lipinski definition) is 2. The van der Waals surface area contributed by atoms with Crippen LogP contribution < -0.4 is 0 Å². The highest BCUT2D eigenvalue weighted by Gasteiger charge is 1.94. The Kier molecular flexibility index (Phi) is 2.26. The molecular weight excluding hydrogens is 198 g/mol. The van der Waals surface area contributed by atoms with E-state index in [1.807, 2.05) is 0 Å². The maximum absolute atomic E-state index is 5.07. The highest BCUT2D eigenvalue weighted by Crippen LogP contribution is 2.18. The van der Waals surface area contributed by atoms with E-state index in [9.17, 15) is 0 Å². The van der Waals surface area contributed by atoms with Crippen LogP contribution in [0.3, 0.4) is 0 Å². The Labute approximate surface area is 66.3 Å². The molecule has 1 heterocycles. The molecule has 0 aliphatic rings. The van der Waals surface area contributed by atoms with Gasteiger partial charge in [0, 0.05) is 0 Å². The molecule has 46 valence electrons. The van der Waals surface area contributed by atoms with Gasteiger partial charge >= 0.3 is 0 Å². The summed E-state index contributed by atoms with van der Waals surface area (Å²) in [5, 5.41) is 0.990. The molecule has 0 saturated carbocycles. The summed E-state index contributed by atoms with van der Waals surface area (Å²) in [5.41, 5.74) is 0. The minimum absolute atomic E-state index is 0.635. The Hall–Kier alpha value is -0.330. The Morgan fingerprint density at radius 3 is 3.11 bits per heavy atom. The fourth-order valence-corrected chi connectivity index (χ4v) is 1.71. The number of rotatable bonds is 1. The fourth-order valence-electron chi connectivity index (χ4n) is 0.457. The summed E-state index contributed by atoms with van der Waals surface area (Å²) in [4.78, 5) is 4.03. The fraction of sp³-hybridized carbons (Fsp3) is 0.167. The van der Waals surface area contributed by atoms with E-state index in [0.717, 1.165) is 8.79 Å². The SMILES string of the molecule is C#CCc1ncc(Br)s1. The summed E-state index contributed by atoms with van der Waals surface area (Å²) in [6.45, 7) is 0. The molecule has 0 aliphatic heterocycles. The molecule has 1 aromatic rings. The van der Waals surface area contributed by atoms with E-state index in [0.29, 0.717) is 6.42 Å². The number of thiazole rings is 1. The van der Waals surface area contributed by atoms with Gasteiger partial charge in [-0.3, -0.25) is 0 Å². The topological polar surface area (TPSA) is 12.9 Å². The molecule has 0 unspecified atom stereocenters. The van der Waals surface area contributed by atoms with Gasteiger partial charge in [0.15, 0.2) is 0 Å². The Balaban J connectivity index is 2.76. The van der Waals surface area contributed by atoms with Gasteiger partial charge in [-0.2, -0.15) is 0 Å². The van der Waals surface area contributed by atoms with Gasteiger partial charge in [-0.25, -0.2) is 4.98 Å². The second-order valence-electron chi connectivity index (χ2n) is 1.44. The van der Waals surface area contributed by atoms with E-state index in [1.165, 1.54) is 0 Å². The van der Waals surface area contributed by atoms with Crippen molar-refractivity contribution in [2.24, 2.45) is 0 Å². The minimum Gasteiger partial charge on any atom is -0.247 e. The molecule has 1 nitrogen and oxygen atoms in total. The maximum atomic E-state index is 5.07. The zero-order valence-electron chi connectivity index (χ0n) is 4.60. The summed E-state index contributed by atoms with van der Waals surface area (Å²) < 4.78 is 1.03. The Bertz CT molecular complexity index is 235. The van der Waals surface area contributed by atoms with Gasteiger partial charge in [-0.05, 0) is 15.9 Å². The number of aromatic nitrogens is 1. The summed E-state index contributed by atoms with van der Waals surface area (Å²) in [6.07, 6.45) is 7.47. The number of terminal acetylenes is 1. The van der Waals surface area contributed by atoms with Gasteiger partial charge in [0.25, 0.3) is 0 Å². The van der Waals surface area contributed by atoms with Crippen molar-refractivity contribution in [3.8, 4) is 12.3 Å². The van der Waals surface area contributed by atoms with E-state index in [1.54, 1.807) is 17.5 Å². The van der Waals surface area contributed by atoms with E-state index in [4.69, 9.17) is 6.42 Å². The molecule has 0 fully saturated rings. The zero-order valence-corrected chi connectivity index (χ0v) is 7.00. The van der Waals surface area contributed by atoms with Crippen molar-refractivity contribution in [2.75, 3.05) is 0 Å². The first-order chi connectivity index (χ1) is 4.33. The molecular formula is C6H4BrNS. The van der Waals surface area contributed by atoms with Crippen LogP contribution in [0.25, 0.3) is 0 Å². The molecule has 0 aromatic carbocycles. The van der Waals surface area contributed by atoms with Crippen molar-refractivity contribution in [3.05, 3.63) is 15.0 Å². The third-order valence-corrected chi connectivity index (χ3v) is 2.25. The number of nitrogens with zero attached hydrogens (tertiary/aromatic N) is 1. The second-order valence-corrected chi connectivity index (χ2v) is 3.93. The lowest BCUT2D eigenvalue weighted by atomic mass is 10.5. The third kappa shape index (κ3) is 1.81. The van der Waals surface area contributed by atoms with Crippen LogP contribution in [0.4, 0.5) is 0 Å². The van der Waals surface area contributed by atoms with Crippen LogP contribution in [0.15, 0.2) is 9.98 Å². The predicted octanol–water partition coefficient (Wildman–Crippen LogP) is 2.08. The summed E-state index contributed by atoms with van der Waals surface area (Å²) in [6, 6.07) is 0. The lowest BCUT2D eigenvalue weighted by Gasteiger charge is -1.78. The van der Waals surface area contributed by atoms with E-state index >= 15 is 0 Å². The van der Waals surface area contributed by atoms with Crippen molar-refractivity contribution < 1.29 is 0 Å². The molecule has 9 heavy (non-hydrogen) atoms. The van der Waals surface area contributed by atoms with Crippen molar-refractivity contribution in [1.82, 2.24) is 4.98 Å². The van der Waals surface area contributed by atoms with Crippen molar-refractivity contribution in [3.63, 3.8) is 0 Å². The highest BCUT2D eigenvalue weighted by atomic mass is 79.9. The molecule has 0 bridgehead atoms. The summed E-state index contributed by atoms with van der Waals surface area (Å²) in [7, 11) is 0. The molecule has 3 heteroatoms. The van der Waals surface area contributed by atoms with Crippen molar-refractivity contribution in [1.29, 1.82) is 0 Å². The lowest BCUT2D eigenvalue weighted by molar-refractivity contribution is 1.22. The average Bonchev–Trinajstić information content (AvgIpc) is 2.17. The standard InChI is InChI=1S/C6H4BrNS/c1-2-3-6-8-4-5(7)9-6/h1,4H,3H2. The van der Waals surface area contributed by atoms with Gasteiger partial charge < -0.3 is 0 Å². The molecule has 0 atom stereocenters. The molecule has 0 aliphatic carbocycles. The molecule has 0 spiro atoms. The molecule has 1 rings (SSSR count). The van der Waals surface area contributed by atoms with Gasteiger partial charge in [-0.15, -0.1) is 17.8 Å². The first-order valence-electron chi connectivity index (χ1n) is 2.36.